The SMILES string of the molecule is CCN(CC(C)C(N)=NO)C(=O)c1ccc(OC)c(Br)c1. The fourth-order valence-electron chi connectivity index (χ4n) is 1.86. The molecular formula is C14H20BrN3O3. The van der Waals surface area contributed by atoms with Crippen LogP contribution in [0.25, 0.3) is 0 Å². The number of benzene rings is 1. The Kier molecular flexibility index (Phi) is 6.48. The Morgan fingerprint density at radius 1 is 1.57 bits per heavy atom. The standard InChI is InChI=1S/C14H20BrN3O3/c1-4-18(8-9(2)13(16)17-20)14(19)10-5-6-12(21-3)11(15)7-10/h5-7,9,20H,4,8H2,1-3H3,(H2,16,17). The van der Waals surface area contributed by atoms with Gasteiger partial charge in [0.2, 0.25) is 0 Å². The van der Waals surface area contributed by atoms with Crippen LogP contribution in [0.1, 0.15) is 24.2 Å². The maximum atomic E-state index is 12.5. The molecule has 1 unspecified atom stereocenters. The van der Waals surface area contributed by atoms with Gasteiger partial charge in [0, 0.05) is 24.6 Å². The number of rotatable bonds is 6. The van der Waals surface area contributed by atoms with E-state index in [1.165, 1.54) is 0 Å². The van der Waals surface area contributed by atoms with Crippen molar-refractivity contribution < 1.29 is 14.7 Å². The highest BCUT2D eigenvalue weighted by Gasteiger charge is 2.19. The van der Waals surface area contributed by atoms with Gasteiger partial charge >= 0.3 is 0 Å². The maximum Gasteiger partial charge on any atom is 0.253 e. The lowest BCUT2D eigenvalue weighted by Gasteiger charge is -2.24. The number of carbonyl (C=O) groups excluding carboxylic acids is 1. The van der Waals surface area contributed by atoms with Crippen LogP contribution in [0.3, 0.4) is 0 Å². The van der Waals surface area contributed by atoms with Crippen molar-refractivity contribution in [2.45, 2.75) is 13.8 Å². The van der Waals surface area contributed by atoms with Crippen LogP contribution < -0.4 is 10.5 Å². The third-order valence-corrected chi connectivity index (χ3v) is 3.80. The molecule has 1 atom stereocenters. The van der Waals surface area contributed by atoms with Crippen molar-refractivity contribution in [3.05, 3.63) is 28.2 Å². The van der Waals surface area contributed by atoms with E-state index < -0.39 is 0 Å². The van der Waals surface area contributed by atoms with Gasteiger partial charge in [0.1, 0.15) is 11.6 Å². The number of hydrogen-bond acceptors (Lipinski definition) is 4. The Bertz CT molecular complexity index is 534. The molecule has 1 amide bonds. The summed E-state index contributed by atoms with van der Waals surface area (Å²) in [4.78, 5) is 14.1. The Labute approximate surface area is 132 Å². The van der Waals surface area contributed by atoms with Crippen LogP contribution in [0.5, 0.6) is 5.75 Å². The highest BCUT2D eigenvalue weighted by Crippen LogP contribution is 2.26. The third-order valence-electron chi connectivity index (χ3n) is 3.18. The summed E-state index contributed by atoms with van der Waals surface area (Å²) in [5.74, 6) is 0.441. The quantitative estimate of drug-likeness (QED) is 0.354. The second kappa shape index (κ2) is 7.87. The number of nitrogens with zero attached hydrogens (tertiary/aromatic N) is 2. The normalized spacial score (nSPS) is 12.9. The van der Waals surface area contributed by atoms with E-state index >= 15 is 0 Å². The van der Waals surface area contributed by atoms with E-state index in [9.17, 15) is 4.79 Å². The summed E-state index contributed by atoms with van der Waals surface area (Å²) < 4.78 is 5.86. The van der Waals surface area contributed by atoms with Gasteiger partial charge in [0.25, 0.3) is 5.91 Å². The lowest BCUT2D eigenvalue weighted by Crippen LogP contribution is -2.38. The van der Waals surface area contributed by atoms with Crippen LogP contribution in [0, 0.1) is 5.92 Å². The lowest BCUT2D eigenvalue weighted by atomic mass is 10.1. The van der Waals surface area contributed by atoms with Gasteiger partial charge in [-0.05, 0) is 41.1 Å². The van der Waals surface area contributed by atoms with Crippen molar-refractivity contribution in [1.29, 1.82) is 0 Å². The number of methoxy groups -OCH3 is 1. The summed E-state index contributed by atoms with van der Waals surface area (Å²) >= 11 is 3.36. The van der Waals surface area contributed by atoms with Crippen LogP contribution >= 0.6 is 15.9 Å². The molecule has 6 nitrogen and oxygen atoms in total. The van der Waals surface area contributed by atoms with Gasteiger partial charge < -0.3 is 20.6 Å². The highest BCUT2D eigenvalue weighted by molar-refractivity contribution is 9.10. The number of hydrogen-bond donors (Lipinski definition) is 2. The lowest BCUT2D eigenvalue weighted by molar-refractivity contribution is 0.0753. The van der Waals surface area contributed by atoms with Gasteiger partial charge in [0.15, 0.2) is 0 Å². The molecule has 0 heterocycles. The number of nitrogens with two attached hydrogens (primary N) is 1. The second-order valence-corrected chi connectivity index (χ2v) is 5.47. The van der Waals surface area contributed by atoms with Gasteiger partial charge in [-0.25, -0.2) is 0 Å². The topological polar surface area (TPSA) is 88.1 Å². The first-order valence-electron chi connectivity index (χ1n) is 6.54. The minimum atomic E-state index is -0.222. The van der Waals surface area contributed by atoms with Gasteiger partial charge in [0.05, 0.1) is 11.6 Å². The molecular weight excluding hydrogens is 338 g/mol. The summed E-state index contributed by atoms with van der Waals surface area (Å²) in [5, 5.41) is 11.7. The van der Waals surface area contributed by atoms with Gasteiger partial charge in [-0.2, -0.15) is 0 Å². The first kappa shape index (κ1) is 17.3. The van der Waals surface area contributed by atoms with E-state index in [0.29, 0.717) is 24.4 Å². The minimum absolute atomic E-state index is 0.108. The fraction of sp³-hybridized carbons (Fsp3) is 0.429. The third kappa shape index (κ3) is 4.35. The largest absolute Gasteiger partial charge is 0.496 e. The first-order chi connectivity index (χ1) is 9.94. The molecule has 21 heavy (non-hydrogen) atoms. The number of ether oxygens (including phenoxy) is 1. The molecule has 0 radical (unpaired) electrons. The molecule has 3 N–H and O–H groups in total. The van der Waals surface area contributed by atoms with Gasteiger partial charge in [-0.1, -0.05) is 12.1 Å². The summed E-state index contributed by atoms with van der Waals surface area (Å²) in [6, 6.07) is 5.17. The highest BCUT2D eigenvalue weighted by atomic mass is 79.9. The van der Waals surface area contributed by atoms with E-state index in [2.05, 4.69) is 21.1 Å². The smallest absolute Gasteiger partial charge is 0.253 e. The molecule has 1 aromatic carbocycles. The van der Waals surface area contributed by atoms with Crippen molar-refractivity contribution in [2.24, 2.45) is 16.8 Å². The molecule has 0 saturated carbocycles. The molecule has 0 bridgehead atoms. The van der Waals surface area contributed by atoms with Crippen molar-refractivity contribution >= 4 is 27.7 Å². The summed E-state index contributed by atoms with van der Waals surface area (Å²) in [5.41, 5.74) is 6.11. The first-order valence-corrected chi connectivity index (χ1v) is 7.34. The number of amidine groups is 1. The van der Waals surface area contributed by atoms with Crippen LogP contribution in [0.2, 0.25) is 0 Å². The summed E-state index contributed by atoms with van der Waals surface area (Å²) in [7, 11) is 1.57. The van der Waals surface area contributed by atoms with Crippen LogP contribution in [0.15, 0.2) is 27.8 Å². The van der Waals surface area contributed by atoms with Crippen LogP contribution in [-0.2, 0) is 0 Å². The molecule has 0 aliphatic rings. The van der Waals surface area contributed by atoms with Crippen molar-refractivity contribution in [1.82, 2.24) is 4.90 Å². The van der Waals surface area contributed by atoms with Gasteiger partial charge in [-0.3, -0.25) is 4.79 Å². The van der Waals surface area contributed by atoms with Crippen LogP contribution in [-0.4, -0.2) is 42.0 Å². The zero-order valence-electron chi connectivity index (χ0n) is 12.3. The fourth-order valence-corrected chi connectivity index (χ4v) is 2.40. The van der Waals surface area contributed by atoms with E-state index in [4.69, 9.17) is 15.7 Å². The molecule has 0 fully saturated rings. The average molecular weight is 358 g/mol. The van der Waals surface area contributed by atoms with E-state index in [-0.39, 0.29) is 17.7 Å². The minimum Gasteiger partial charge on any atom is -0.496 e. The number of halogens is 1. The zero-order chi connectivity index (χ0) is 16.0. The van der Waals surface area contributed by atoms with Gasteiger partial charge in [-0.15, -0.1) is 0 Å². The molecule has 0 aliphatic heterocycles. The van der Waals surface area contributed by atoms with E-state index in [1.54, 1.807) is 37.1 Å². The van der Waals surface area contributed by atoms with E-state index in [1.807, 2.05) is 6.92 Å². The summed E-state index contributed by atoms with van der Waals surface area (Å²) in [6.45, 7) is 4.60. The molecule has 1 rings (SSSR count). The number of carbonyl (C=O) groups is 1. The molecule has 1 aromatic rings. The average Bonchev–Trinajstić information content (AvgIpc) is 2.50. The summed E-state index contributed by atoms with van der Waals surface area (Å²) in [6.07, 6.45) is 0. The predicted molar refractivity (Wildman–Crippen MR) is 84.8 cm³/mol. The van der Waals surface area contributed by atoms with Crippen molar-refractivity contribution in [2.75, 3.05) is 20.2 Å². The predicted octanol–water partition coefficient (Wildman–Crippen LogP) is 2.30. The Morgan fingerprint density at radius 2 is 2.24 bits per heavy atom. The Hall–Kier alpha value is -1.76. The Balaban J connectivity index is 2.91. The number of amides is 1. The molecule has 0 spiro atoms. The molecule has 116 valence electrons. The monoisotopic (exact) mass is 357 g/mol. The second-order valence-electron chi connectivity index (χ2n) is 4.62. The van der Waals surface area contributed by atoms with E-state index in [0.717, 1.165) is 4.47 Å². The zero-order valence-corrected chi connectivity index (χ0v) is 13.9. The molecule has 7 heteroatoms. The molecule has 0 saturated heterocycles. The molecule has 0 aromatic heterocycles. The maximum absolute atomic E-state index is 12.5. The Morgan fingerprint density at radius 3 is 2.71 bits per heavy atom. The van der Waals surface area contributed by atoms with Crippen molar-refractivity contribution in [3.8, 4) is 5.75 Å². The molecule has 0 aliphatic carbocycles. The van der Waals surface area contributed by atoms with Crippen LogP contribution in [0.4, 0.5) is 0 Å². The number of oxime groups is 1. The van der Waals surface area contributed by atoms with Crippen molar-refractivity contribution in [3.63, 3.8) is 0 Å².